The first kappa shape index (κ1) is 18.6. The molecule has 0 aliphatic rings. The predicted octanol–water partition coefficient (Wildman–Crippen LogP) is 0.516. The summed E-state index contributed by atoms with van der Waals surface area (Å²) in [6, 6.07) is 13.4. The Labute approximate surface area is 146 Å². The number of benzene rings is 2. The zero-order valence-corrected chi connectivity index (χ0v) is 14.4. The minimum atomic E-state index is -0.290. The van der Waals surface area contributed by atoms with Crippen LogP contribution in [-0.2, 0) is 17.9 Å². The smallest absolute Gasteiger partial charge is 0.275 e. The number of carbonyl (C=O) groups is 2. The second-order valence-electron chi connectivity index (χ2n) is 5.99. The van der Waals surface area contributed by atoms with E-state index in [1.54, 1.807) is 31.3 Å². The molecule has 2 rings (SSSR count). The van der Waals surface area contributed by atoms with E-state index in [1.165, 1.54) is 12.1 Å². The van der Waals surface area contributed by atoms with Crippen LogP contribution in [0.2, 0.25) is 0 Å². The lowest BCUT2D eigenvalue weighted by Gasteiger charge is -2.14. The zero-order valence-electron chi connectivity index (χ0n) is 14.4. The molecule has 0 saturated carbocycles. The summed E-state index contributed by atoms with van der Waals surface area (Å²) in [6.45, 7) is 1.39. The SMILES string of the molecule is CNC(=O)c1ccc(C[NH+](C)CC(=O)NCc2ccc(F)cc2)cc1. The van der Waals surface area contributed by atoms with Gasteiger partial charge in [-0.3, -0.25) is 9.59 Å². The lowest BCUT2D eigenvalue weighted by molar-refractivity contribution is -0.885. The van der Waals surface area contributed by atoms with E-state index >= 15 is 0 Å². The fraction of sp³-hybridized carbons (Fsp3) is 0.263. The Hall–Kier alpha value is -2.73. The van der Waals surface area contributed by atoms with E-state index in [2.05, 4.69) is 10.6 Å². The van der Waals surface area contributed by atoms with E-state index in [0.717, 1.165) is 16.0 Å². The maximum absolute atomic E-state index is 12.8. The van der Waals surface area contributed by atoms with Crippen molar-refractivity contribution in [3.63, 3.8) is 0 Å². The summed E-state index contributed by atoms with van der Waals surface area (Å²) in [5, 5.41) is 5.41. The maximum atomic E-state index is 12.8. The standard InChI is InChI=1S/C19H22FN3O2/c1-21-19(25)16-7-3-15(4-8-16)12-23(2)13-18(24)22-11-14-5-9-17(20)10-6-14/h3-10H,11-13H2,1-2H3,(H,21,25)(H,22,24)/p+1. The summed E-state index contributed by atoms with van der Waals surface area (Å²) >= 11 is 0. The number of likely N-dealkylation sites (N-methyl/N-ethyl adjacent to an activating group) is 1. The normalized spacial score (nSPS) is 11.6. The third-order valence-corrected chi connectivity index (χ3v) is 3.81. The number of hydrogen-bond acceptors (Lipinski definition) is 2. The van der Waals surface area contributed by atoms with E-state index in [9.17, 15) is 14.0 Å². The molecule has 0 fully saturated rings. The van der Waals surface area contributed by atoms with Crippen LogP contribution in [0.5, 0.6) is 0 Å². The number of hydrogen-bond donors (Lipinski definition) is 3. The maximum Gasteiger partial charge on any atom is 0.275 e. The molecule has 2 aromatic rings. The predicted molar refractivity (Wildman–Crippen MR) is 93.5 cm³/mol. The molecule has 5 nitrogen and oxygen atoms in total. The Morgan fingerprint density at radius 2 is 1.60 bits per heavy atom. The van der Waals surface area contributed by atoms with Crippen LogP contribution in [0, 0.1) is 5.82 Å². The van der Waals surface area contributed by atoms with E-state index in [1.807, 2.05) is 19.2 Å². The van der Waals surface area contributed by atoms with Crippen molar-refractivity contribution in [1.82, 2.24) is 10.6 Å². The van der Waals surface area contributed by atoms with Gasteiger partial charge in [0.25, 0.3) is 11.8 Å². The Kier molecular flexibility index (Phi) is 6.65. The van der Waals surface area contributed by atoms with Gasteiger partial charge in [-0.05, 0) is 29.8 Å². The molecule has 0 radical (unpaired) electrons. The fourth-order valence-corrected chi connectivity index (χ4v) is 2.47. The van der Waals surface area contributed by atoms with Crippen molar-refractivity contribution in [2.45, 2.75) is 13.1 Å². The quantitative estimate of drug-likeness (QED) is 0.686. The van der Waals surface area contributed by atoms with Crippen LogP contribution in [0.3, 0.4) is 0 Å². The molecule has 0 saturated heterocycles. The molecule has 0 aliphatic heterocycles. The number of carbonyl (C=O) groups excluding carboxylic acids is 2. The van der Waals surface area contributed by atoms with Crippen LogP contribution in [0.4, 0.5) is 4.39 Å². The molecule has 3 N–H and O–H groups in total. The minimum Gasteiger partial charge on any atom is -0.355 e. The zero-order chi connectivity index (χ0) is 18.2. The van der Waals surface area contributed by atoms with Crippen molar-refractivity contribution in [3.8, 4) is 0 Å². The number of nitrogens with one attached hydrogen (secondary N) is 3. The molecule has 0 aromatic heterocycles. The molecule has 0 heterocycles. The fourth-order valence-electron chi connectivity index (χ4n) is 2.47. The van der Waals surface area contributed by atoms with E-state index in [-0.39, 0.29) is 17.6 Å². The highest BCUT2D eigenvalue weighted by molar-refractivity contribution is 5.93. The average molecular weight is 344 g/mol. The van der Waals surface area contributed by atoms with Crippen LogP contribution in [0.1, 0.15) is 21.5 Å². The number of quaternary nitrogens is 1. The summed E-state index contributed by atoms with van der Waals surface area (Å²) in [4.78, 5) is 24.5. The van der Waals surface area contributed by atoms with Crippen LogP contribution in [0.25, 0.3) is 0 Å². The molecule has 0 spiro atoms. The molecule has 25 heavy (non-hydrogen) atoms. The number of halogens is 1. The van der Waals surface area contributed by atoms with Crippen LogP contribution in [0.15, 0.2) is 48.5 Å². The second-order valence-corrected chi connectivity index (χ2v) is 5.99. The monoisotopic (exact) mass is 344 g/mol. The summed E-state index contributed by atoms with van der Waals surface area (Å²) < 4.78 is 12.8. The van der Waals surface area contributed by atoms with Gasteiger partial charge in [-0.1, -0.05) is 24.3 Å². The molecular weight excluding hydrogens is 321 g/mol. The molecule has 0 bridgehead atoms. The van der Waals surface area contributed by atoms with Crippen LogP contribution >= 0.6 is 0 Å². The molecule has 6 heteroatoms. The van der Waals surface area contributed by atoms with E-state index in [4.69, 9.17) is 0 Å². The van der Waals surface area contributed by atoms with Gasteiger partial charge in [0, 0.05) is 24.7 Å². The van der Waals surface area contributed by atoms with E-state index in [0.29, 0.717) is 25.2 Å². The van der Waals surface area contributed by atoms with Gasteiger partial charge in [-0.25, -0.2) is 4.39 Å². The van der Waals surface area contributed by atoms with Crippen molar-refractivity contribution < 1.29 is 18.9 Å². The second kappa shape index (κ2) is 8.94. The first-order valence-electron chi connectivity index (χ1n) is 8.11. The van der Waals surface area contributed by atoms with Gasteiger partial charge in [0.05, 0.1) is 7.05 Å². The first-order valence-corrected chi connectivity index (χ1v) is 8.11. The summed E-state index contributed by atoms with van der Waals surface area (Å²) in [5.41, 5.74) is 2.52. The largest absolute Gasteiger partial charge is 0.355 e. The molecule has 132 valence electrons. The molecule has 1 atom stereocenters. The highest BCUT2D eigenvalue weighted by Crippen LogP contribution is 2.03. The first-order chi connectivity index (χ1) is 12.0. The van der Waals surface area contributed by atoms with E-state index < -0.39 is 0 Å². The highest BCUT2D eigenvalue weighted by Gasteiger charge is 2.11. The average Bonchev–Trinajstić information content (AvgIpc) is 2.61. The highest BCUT2D eigenvalue weighted by atomic mass is 19.1. The van der Waals surface area contributed by atoms with Gasteiger partial charge in [-0.2, -0.15) is 0 Å². The van der Waals surface area contributed by atoms with Crippen molar-refractivity contribution in [2.75, 3.05) is 20.6 Å². The summed E-state index contributed by atoms with van der Waals surface area (Å²) in [6.07, 6.45) is 0. The molecule has 1 unspecified atom stereocenters. The number of amides is 2. The minimum absolute atomic E-state index is 0.0659. The Balaban J connectivity index is 1.78. The van der Waals surface area contributed by atoms with Gasteiger partial charge in [0.2, 0.25) is 0 Å². The Morgan fingerprint density at radius 3 is 2.20 bits per heavy atom. The molecular formula is C19H23FN3O2+. The molecule has 2 amide bonds. The van der Waals surface area contributed by atoms with Gasteiger partial charge in [0.15, 0.2) is 6.54 Å². The van der Waals surface area contributed by atoms with Crippen LogP contribution in [-0.4, -0.2) is 32.5 Å². The lowest BCUT2D eigenvalue weighted by Crippen LogP contribution is -3.08. The van der Waals surface area contributed by atoms with Crippen molar-refractivity contribution in [1.29, 1.82) is 0 Å². The van der Waals surface area contributed by atoms with Crippen molar-refractivity contribution >= 4 is 11.8 Å². The summed E-state index contributed by atoms with van der Waals surface area (Å²) in [7, 11) is 3.53. The Morgan fingerprint density at radius 1 is 1.00 bits per heavy atom. The Bertz CT molecular complexity index is 714. The topological polar surface area (TPSA) is 62.6 Å². The van der Waals surface area contributed by atoms with Crippen molar-refractivity contribution in [2.24, 2.45) is 0 Å². The van der Waals surface area contributed by atoms with Gasteiger partial charge < -0.3 is 15.5 Å². The van der Waals surface area contributed by atoms with Gasteiger partial charge >= 0.3 is 0 Å². The molecule has 2 aromatic carbocycles. The summed E-state index contributed by atoms with van der Waals surface area (Å²) in [5.74, 6) is -0.474. The van der Waals surface area contributed by atoms with Gasteiger partial charge in [0.1, 0.15) is 12.4 Å². The number of rotatable bonds is 7. The van der Waals surface area contributed by atoms with Gasteiger partial charge in [-0.15, -0.1) is 0 Å². The third-order valence-electron chi connectivity index (χ3n) is 3.81. The molecule has 0 aliphatic carbocycles. The van der Waals surface area contributed by atoms with Crippen molar-refractivity contribution in [3.05, 3.63) is 71.0 Å². The lowest BCUT2D eigenvalue weighted by atomic mass is 10.1. The third kappa shape index (κ3) is 6.00. The van der Waals surface area contributed by atoms with Crippen LogP contribution < -0.4 is 15.5 Å².